The molecule has 11 heteroatoms. The molecule has 0 N–H and O–H groups in total. The van der Waals surface area contributed by atoms with Gasteiger partial charge in [-0.15, -0.1) is 6.42 Å². The smallest absolute Gasteiger partial charge is 0.290 e. The lowest BCUT2D eigenvalue weighted by Gasteiger charge is -2.32. The summed E-state index contributed by atoms with van der Waals surface area (Å²) >= 11 is 5.85. The number of ether oxygens (including phenoxy) is 4. The minimum atomic E-state index is -2.88. The van der Waals surface area contributed by atoms with Gasteiger partial charge in [-0.25, -0.2) is 17.6 Å². The Labute approximate surface area is 397 Å². The van der Waals surface area contributed by atoms with E-state index < -0.39 is 47.4 Å². The van der Waals surface area contributed by atoms with Gasteiger partial charge in [0, 0.05) is 26.4 Å². The maximum Gasteiger partial charge on any atom is 0.290 e. The molecule has 67 heavy (non-hydrogen) atoms. The predicted molar refractivity (Wildman–Crippen MR) is 262 cm³/mol. The quantitative estimate of drug-likeness (QED) is 0.0283. The number of aliphatic imine (C=N–C) groups is 2. The minimum absolute atomic E-state index is 0.350. The van der Waals surface area contributed by atoms with Crippen molar-refractivity contribution < 1.29 is 36.5 Å². The summed E-state index contributed by atoms with van der Waals surface area (Å²) in [5, 5.41) is -0.712. The first-order valence-corrected chi connectivity index (χ1v) is 22.2. The van der Waals surface area contributed by atoms with Crippen LogP contribution >= 0.6 is 11.6 Å². The van der Waals surface area contributed by atoms with Crippen molar-refractivity contribution in [1.82, 2.24) is 0 Å². The van der Waals surface area contributed by atoms with Gasteiger partial charge in [-0.1, -0.05) is 194 Å². The third-order valence-electron chi connectivity index (χ3n) is 9.83. The van der Waals surface area contributed by atoms with Crippen LogP contribution in [0.4, 0.5) is 17.6 Å². The van der Waals surface area contributed by atoms with Crippen LogP contribution in [0.15, 0.2) is 192 Å². The number of alkyl halides is 4. The molecule has 348 valence electrons. The highest BCUT2D eigenvalue weighted by molar-refractivity contribution is 6.66. The molecule has 0 saturated carbocycles. The van der Waals surface area contributed by atoms with Crippen LogP contribution in [0.3, 0.4) is 0 Å². The van der Waals surface area contributed by atoms with E-state index in [0.29, 0.717) is 26.4 Å². The van der Waals surface area contributed by atoms with Crippen LogP contribution < -0.4 is 0 Å². The summed E-state index contributed by atoms with van der Waals surface area (Å²) in [6.07, 6.45) is -2.03. The van der Waals surface area contributed by atoms with Crippen molar-refractivity contribution in [3.8, 4) is 24.2 Å². The van der Waals surface area contributed by atoms with Gasteiger partial charge in [0.25, 0.3) is 12.9 Å². The van der Waals surface area contributed by atoms with Crippen molar-refractivity contribution in [3.05, 3.63) is 215 Å². The molecule has 0 fully saturated rings. The van der Waals surface area contributed by atoms with Gasteiger partial charge in [-0.05, 0) is 78.8 Å². The Morgan fingerprint density at radius 1 is 0.463 bits per heavy atom. The Morgan fingerprint density at radius 3 is 0.970 bits per heavy atom. The van der Waals surface area contributed by atoms with E-state index in [9.17, 15) is 17.6 Å². The van der Waals surface area contributed by atoms with Gasteiger partial charge in [0.05, 0.1) is 0 Å². The van der Waals surface area contributed by atoms with Crippen molar-refractivity contribution in [3.63, 3.8) is 0 Å². The molecule has 0 radical (unpaired) electrons. The summed E-state index contributed by atoms with van der Waals surface area (Å²) in [7, 11) is 0. The zero-order valence-corrected chi connectivity index (χ0v) is 38.7. The lowest BCUT2D eigenvalue weighted by atomic mass is 9.77. The average Bonchev–Trinajstić information content (AvgIpc) is 3.37. The van der Waals surface area contributed by atoms with Crippen molar-refractivity contribution in [1.29, 1.82) is 0 Å². The summed E-state index contributed by atoms with van der Waals surface area (Å²) in [6, 6.07) is 56.3. The second-order valence-electron chi connectivity index (χ2n) is 14.1. The molecular formula is C56H55ClF4N2O4. The third kappa shape index (κ3) is 15.1. The predicted octanol–water partition coefficient (Wildman–Crippen LogP) is 13.0. The SMILES string of the molecule is C#CC(OCC)OCC.CCOC(C#CC(=NC(c1ccccc1)(c1ccccc1)c1ccccc1)C(F)F)OCC.FC(F)C(Cl)=NC(c1ccccc1)(c1ccccc1)c1ccccc1. The molecule has 0 bridgehead atoms. The van der Waals surface area contributed by atoms with Gasteiger partial charge in [0.2, 0.25) is 12.6 Å². The van der Waals surface area contributed by atoms with Crippen LogP contribution in [-0.2, 0) is 30.0 Å². The molecule has 0 aliphatic carbocycles. The van der Waals surface area contributed by atoms with Gasteiger partial charge in [0.1, 0.15) is 11.1 Å². The fraction of sp³-hybridized carbons (Fsp3) is 0.250. The summed E-state index contributed by atoms with van der Waals surface area (Å²) in [6.45, 7) is 9.23. The van der Waals surface area contributed by atoms with E-state index in [1.54, 1.807) is 13.8 Å². The van der Waals surface area contributed by atoms with E-state index >= 15 is 0 Å². The van der Waals surface area contributed by atoms with Crippen molar-refractivity contribution >= 4 is 22.5 Å². The second kappa shape index (κ2) is 28.6. The monoisotopic (exact) mass is 930 g/mol. The minimum Gasteiger partial charge on any atom is -0.342 e. The van der Waals surface area contributed by atoms with Crippen molar-refractivity contribution in [2.45, 2.75) is 64.2 Å². The first-order valence-electron chi connectivity index (χ1n) is 21.8. The molecule has 0 aliphatic heterocycles. The fourth-order valence-electron chi connectivity index (χ4n) is 7.00. The molecule has 0 saturated heterocycles. The highest BCUT2D eigenvalue weighted by Gasteiger charge is 2.38. The van der Waals surface area contributed by atoms with Crippen LogP contribution in [-0.4, -0.2) is 62.7 Å². The maximum absolute atomic E-state index is 14.3. The second-order valence-corrected chi connectivity index (χ2v) is 14.5. The molecule has 0 aromatic heterocycles. The number of terminal acetylenes is 1. The Balaban J connectivity index is 0.000000253. The van der Waals surface area contributed by atoms with Crippen molar-refractivity contribution in [2.75, 3.05) is 26.4 Å². The zero-order valence-electron chi connectivity index (χ0n) is 38.0. The molecule has 0 heterocycles. The maximum atomic E-state index is 14.3. The standard InChI is InChI=1S/C28H27F2NO2.C21H16ClF2N.C7H12O2/c1-3-32-26(33-4-2)21-20-25(27(29)30)31-28(22-14-8-5-9-15-22,23-16-10-6-11-17-23)24-18-12-7-13-19-24;22-19(20(23)24)25-21(16-10-4-1-5-11-16,17-12-6-2-7-13-17)18-14-8-3-9-15-18;1-4-7(8-5-2)9-6-3/h5-19,26-27H,3-4H2,1-2H3;1-15,20H;1,7H,5-6H2,2-3H3. The van der Waals surface area contributed by atoms with Gasteiger partial charge in [0.15, 0.2) is 10.9 Å². The van der Waals surface area contributed by atoms with Gasteiger partial charge < -0.3 is 18.9 Å². The summed E-state index contributed by atoms with van der Waals surface area (Å²) in [4.78, 5) is 9.04. The number of halogens is 5. The first kappa shape index (κ1) is 53.2. The van der Waals surface area contributed by atoms with Crippen molar-refractivity contribution in [2.24, 2.45) is 9.98 Å². The van der Waals surface area contributed by atoms with Crippen LogP contribution in [0.2, 0.25) is 0 Å². The van der Waals surface area contributed by atoms with E-state index in [0.717, 1.165) is 33.4 Å². The summed E-state index contributed by atoms with van der Waals surface area (Å²) in [5.41, 5.74) is 1.70. The van der Waals surface area contributed by atoms with E-state index in [-0.39, 0.29) is 0 Å². The Bertz CT molecular complexity index is 2260. The fourth-order valence-corrected chi connectivity index (χ4v) is 7.13. The molecule has 6 aromatic rings. The van der Waals surface area contributed by atoms with E-state index in [1.165, 1.54) is 0 Å². The highest BCUT2D eigenvalue weighted by Crippen LogP contribution is 2.42. The Morgan fingerprint density at radius 2 is 0.731 bits per heavy atom. The third-order valence-corrected chi connectivity index (χ3v) is 10.1. The molecule has 0 unspecified atom stereocenters. The van der Waals surface area contributed by atoms with Crippen LogP contribution in [0.1, 0.15) is 61.1 Å². The summed E-state index contributed by atoms with van der Waals surface area (Å²) < 4.78 is 75.8. The number of hydrogen-bond donors (Lipinski definition) is 0. The largest absolute Gasteiger partial charge is 0.342 e. The first-order chi connectivity index (χ1) is 32.6. The molecule has 6 nitrogen and oxygen atoms in total. The normalized spacial score (nSPS) is 11.8. The average molecular weight is 932 g/mol. The van der Waals surface area contributed by atoms with E-state index in [2.05, 4.69) is 22.8 Å². The van der Waals surface area contributed by atoms with Crippen LogP contribution in [0.5, 0.6) is 0 Å². The van der Waals surface area contributed by atoms with Gasteiger partial charge >= 0.3 is 0 Å². The highest BCUT2D eigenvalue weighted by atomic mass is 35.5. The van der Waals surface area contributed by atoms with Gasteiger partial charge in [-0.2, -0.15) is 0 Å². The molecule has 0 amide bonds. The lowest BCUT2D eigenvalue weighted by Crippen LogP contribution is -2.30. The van der Waals surface area contributed by atoms with E-state index in [4.69, 9.17) is 42.0 Å². The molecule has 6 rings (SSSR count). The van der Waals surface area contributed by atoms with Crippen LogP contribution in [0, 0.1) is 24.2 Å². The number of rotatable bonds is 18. The molecular weight excluding hydrogens is 876 g/mol. The lowest BCUT2D eigenvalue weighted by molar-refractivity contribution is -0.0972. The van der Waals surface area contributed by atoms with Crippen LogP contribution in [0.25, 0.3) is 0 Å². The molecule has 0 atom stereocenters. The Kier molecular flexibility index (Phi) is 22.7. The number of hydrogen-bond acceptors (Lipinski definition) is 6. The Hall–Kier alpha value is -6.37. The zero-order chi connectivity index (χ0) is 48.3. The summed E-state index contributed by atoms with van der Waals surface area (Å²) in [5.74, 6) is 7.59. The number of benzene rings is 6. The molecule has 0 spiro atoms. The molecule has 6 aromatic carbocycles. The topological polar surface area (TPSA) is 61.6 Å². The number of nitrogens with zero attached hydrogens (tertiary/aromatic N) is 2. The van der Waals surface area contributed by atoms with E-state index in [1.807, 2.05) is 196 Å². The van der Waals surface area contributed by atoms with Gasteiger partial charge in [-0.3, -0.25) is 9.98 Å². The molecule has 0 aliphatic rings.